The molecule has 0 aromatic heterocycles. The van der Waals surface area contributed by atoms with Crippen molar-refractivity contribution in [1.29, 1.82) is 0 Å². The number of anilines is 6. The molecule has 0 bridgehead atoms. The Morgan fingerprint density at radius 1 is 0.267 bits per heavy atom. The smallest absolute Gasteiger partial charge is 0.0546 e. The van der Waals surface area contributed by atoms with E-state index in [4.69, 9.17) is 0 Å². The van der Waals surface area contributed by atoms with Crippen molar-refractivity contribution in [3.05, 3.63) is 215 Å². The Bertz CT molecular complexity index is 2960. The van der Waals surface area contributed by atoms with E-state index in [1.807, 2.05) is 0 Å². The molecule has 0 aliphatic rings. The van der Waals surface area contributed by atoms with E-state index in [2.05, 4.69) is 233 Å². The summed E-state index contributed by atoms with van der Waals surface area (Å²) < 4.78 is 0. The Morgan fingerprint density at radius 3 is 0.983 bits per heavy atom. The van der Waals surface area contributed by atoms with Gasteiger partial charge >= 0.3 is 0 Å². The Kier molecular flexibility index (Phi) is 9.22. The van der Waals surface area contributed by atoms with Gasteiger partial charge in [0, 0.05) is 44.3 Å². The first-order valence-electron chi connectivity index (χ1n) is 21.0. The van der Waals surface area contributed by atoms with Gasteiger partial charge in [-0.05, 0) is 169 Å². The lowest BCUT2D eigenvalue weighted by Gasteiger charge is -2.31. The molecule has 0 atom stereocenters. The van der Waals surface area contributed by atoms with Gasteiger partial charge in [0.1, 0.15) is 0 Å². The summed E-state index contributed by atoms with van der Waals surface area (Å²) >= 11 is 0. The SMILES string of the molecule is Cc1cccc(N(c2cc(C)cc(C)c2)c2cc(-c3ccccc3)c3ccc4c(N(c5cccc(C)c5)c5cc(C)cc(C)c5)cc(-c5ccccc5)c5ccc2c3c54)c1. The second-order valence-corrected chi connectivity index (χ2v) is 16.7. The molecular formula is C58H48N2. The zero-order chi connectivity index (χ0) is 41.1. The number of benzene rings is 10. The van der Waals surface area contributed by atoms with E-state index in [1.165, 1.54) is 88.0 Å². The first-order valence-corrected chi connectivity index (χ1v) is 21.0. The van der Waals surface area contributed by atoms with Crippen molar-refractivity contribution in [3.63, 3.8) is 0 Å². The maximum absolute atomic E-state index is 2.49. The van der Waals surface area contributed by atoms with Crippen LogP contribution in [0.3, 0.4) is 0 Å². The predicted molar refractivity (Wildman–Crippen MR) is 259 cm³/mol. The minimum atomic E-state index is 1.14. The van der Waals surface area contributed by atoms with Crippen molar-refractivity contribution in [2.75, 3.05) is 9.80 Å². The maximum atomic E-state index is 2.49. The lowest BCUT2D eigenvalue weighted by atomic mass is 9.85. The Labute approximate surface area is 354 Å². The van der Waals surface area contributed by atoms with Gasteiger partial charge in [0.25, 0.3) is 0 Å². The van der Waals surface area contributed by atoms with Crippen molar-refractivity contribution in [3.8, 4) is 22.3 Å². The van der Waals surface area contributed by atoms with Gasteiger partial charge in [-0.3, -0.25) is 0 Å². The highest BCUT2D eigenvalue weighted by Gasteiger charge is 2.26. The van der Waals surface area contributed by atoms with Gasteiger partial charge in [0.05, 0.1) is 11.4 Å². The molecule has 0 heterocycles. The van der Waals surface area contributed by atoms with E-state index in [0.29, 0.717) is 0 Å². The van der Waals surface area contributed by atoms with E-state index in [-0.39, 0.29) is 0 Å². The number of hydrogen-bond acceptors (Lipinski definition) is 2. The lowest BCUT2D eigenvalue weighted by molar-refractivity contribution is 1.25. The third-order valence-corrected chi connectivity index (χ3v) is 12.0. The van der Waals surface area contributed by atoms with E-state index < -0.39 is 0 Å². The number of nitrogens with zero attached hydrogens (tertiary/aromatic N) is 2. The molecule has 2 heteroatoms. The van der Waals surface area contributed by atoms with Gasteiger partial charge in [-0.1, -0.05) is 121 Å². The molecule has 0 N–H and O–H groups in total. The normalized spacial score (nSPS) is 11.5. The largest absolute Gasteiger partial charge is 0.310 e. The van der Waals surface area contributed by atoms with Crippen LogP contribution >= 0.6 is 0 Å². The topological polar surface area (TPSA) is 6.48 Å². The molecule has 0 radical (unpaired) electrons. The fourth-order valence-corrected chi connectivity index (χ4v) is 9.59. The molecule has 10 aromatic rings. The fraction of sp³-hybridized carbons (Fsp3) is 0.103. The molecule has 10 aromatic carbocycles. The standard InChI is InChI=1S/C58H48N2/c1-37-15-13-21-45(29-37)59(47-31-39(3)27-40(4)32-47)55-35-53(43-17-9-7-10-18-43)49-24-26-52-56(60(46-22-14-16-38(2)30-46)48-33-41(5)28-42(6)34-48)36-54(44-19-11-8-12-20-44)50-23-25-51(55)57(49)58(50)52/h7-36H,1-6H3. The minimum absolute atomic E-state index is 1.14. The number of rotatable bonds is 8. The molecule has 0 saturated heterocycles. The first-order chi connectivity index (χ1) is 29.2. The van der Waals surface area contributed by atoms with Gasteiger partial charge in [0.2, 0.25) is 0 Å². The molecule has 2 nitrogen and oxygen atoms in total. The molecule has 0 amide bonds. The molecule has 0 unspecified atom stereocenters. The summed E-state index contributed by atoms with van der Waals surface area (Å²) in [6, 6.07) is 67.9. The van der Waals surface area contributed by atoms with Crippen LogP contribution in [-0.4, -0.2) is 0 Å². The zero-order valence-electron chi connectivity index (χ0n) is 35.2. The van der Waals surface area contributed by atoms with E-state index in [1.54, 1.807) is 0 Å². The van der Waals surface area contributed by atoms with Crippen molar-refractivity contribution in [1.82, 2.24) is 0 Å². The summed E-state index contributed by atoms with van der Waals surface area (Å²) in [6.07, 6.45) is 0. The third kappa shape index (κ3) is 6.55. The summed E-state index contributed by atoms with van der Waals surface area (Å²) in [7, 11) is 0. The van der Waals surface area contributed by atoms with Crippen molar-refractivity contribution in [2.24, 2.45) is 0 Å². The van der Waals surface area contributed by atoms with Crippen LogP contribution in [0.5, 0.6) is 0 Å². The van der Waals surface area contributed by atoms with Crippen LogP contribution in [-0.2, 0) is 0 Å². The van der Waals surface area contributed by atoms with Gasteiger partial charge < -0.3 is 9.80 Å². The average molecular weight is 773 g/mol. The van der Waals surface area contributed by atoms with Crippen LogP contribution in [0.15, 0.2) is 182 Å². The third-order valence-electron chi connectivity index (χ3n) is 12.0. The van der Waals surface area contributed by atoms with Crippen molar-refractivity contribution < 1.29 is 0 Å². The summed E-state index contributed by atoms with van der Waals surface area (Å²) in [6.45, 7) is 13.2. The Balaban J connectivity index is 1.40. The summed E-state index contributed by atoms with van der Waals surface area (Å²) in [4.78, 5) is 4.97. The lowest BCUT2D eigenvalue weighted by Crippen LogP contribution is -2.13. The summed E-state index contributed by atoms with van der Waals surface area (Å²) in [5, 5.41) is 7.46. The summed E-state index contributed by atoms with van der Waals surface area (Å²) in [5.41, 5.74) is 19.1. The second-order valence-electron chi connectivity index (χ2n) is 16.7. The molecular weight excluding hydrogens is 725 g/mol. The molecule has 0 saturated carbocycles. The van der Waals surface area contributed by atoms with Crippen LogP contribution in [0.4, 0.5) is 34.1 Å². The minimum Gasteiger partial charge on any atom is -0.310 e. The molecule has 0 aliphatic carbocycles. The number of aryl methyl sites for hydroxylation is 6. The van der Waals surface area contributed by atoms with E-state index >= 15 is 0 Å². The zero-order valence-corrected chi connectivity index (χ0v) is 35.2. The van der Waals surface area contributed by atoms with Crippen molar-refractivity contribution in [2.45, 2.75) is 41.5 Å². The molecule has 0 spiro atoms. The van der Waals surface area contributed by atoms with Crippen LogP contribution in [0.2, 0.25) is 0 Å². The van der Waals surface area contributed by atoms with Crippen LogP contribution in [0.25, 0.3) is 54.6 Å². The monoisotopic (exact) mass is 772 g/mol. The Morgan fingerprint density at radius 2 is 0.617 bits per heavy atom. The predicted octanol–water partition coefficient (Wildman–Crippen LogP) is 16.7. The van der Waals surface area contributed by atoms with Gasteiger partial charge in [-0.15, -0.1) is 0 Å². The van der Waals surface area contributed by atoms with Crippen LogP contribution < -0.4 is 9.80 Å². The fourth-order valence-electron chi connectivity index (χ4n) is 9.59. The van der Waals surface area contributed by atoms with Crippen LogP contribution in [0.1, 0.15) is 33.4 Å². The first kappa shape index (κ1) is 37.1. The molecule has 290 valence electrons. The molecule has 0 fully saturated rings. The van der Waals surface area contributed by atoms with Gasteiger partial charge in [-0.25, -0.2) is 0 Å². The molecule has 0 aliphatic heterocycles. The maximum Gasteiger partial charge on any atom is 0.0546 e. The summed E-state index contributed by atoms with van der Waals surface area (Å²) in [5.74, 6) is 0. The van der Waals surface area contributed by atoms with E-state index in [0.717, 1.165) is 34.1 Å². The Hall–Kier alpha value is -7.16. The quantitative estimate of drug-likeness (QED) is 0.142. The highest BCUT2D eigenvalue weighted by atomic mass is 15.2. The average Bonchev–Trinajstić information content (AvgIpc) is 3.23. The second kappa shape index (κ2) is 14.9. The van der Waals surface area contributed by atoms with Gasteiger partial charge in [0.15, 0.2) is 0 Å². The highest BCUT2D eigenvalue weighted by Crippen LogP contribution is 2.52. The van der Waals surface area contributed by atoms with Crippen LogP contribution in [0, 0.1) is 41.5 Å². The molecule has 10 rings (SSSR count). The van der Waals surface area contributed by atoms with Crippen molar-refractivity contribution >= 4 is 66.4 Å². The number of hydrogen-bond donors (Lipinski definition) is 0. The molecule has 60 heavy (non-hydrogen) atoms. The highest BCUT2D eigenvalue weighted by molar-refractivity contribution is 6.32. The van der Waals surface area contributed by atoms with Gasteiger partial charge in [-0.2, -0.15) is 0 Å². The van der Waals surface area contributed by atoms with E-state index in [9.17, 15) is 0 Å².